The van der Waals surface area contributed by atoms with E-state index in [0.717, 1.165) is 12.5 Å². The number of hydrogen-bond acceptors (Lipinski definition) is 7. The van der Waals surface area contributed by atoms with Crippen molar-refractivity contribution in [3.8, 4) is 17.2 Å². The first-order chi connectivity index (χ1) is 20.5. The lowest BCUT2D eigenvalue weighted by Gasteiger charge is -2.09. The Hall–Kier alpha value is -4.39. The largest absolute Gasteiger partial charge is 0.494 e. The van der Waals surface area contributed by atoms with E-state index in [1.54, 1.807) is 48.5 Å². The third-order valence-corrected chi connectivity index (χ3v) is 6.56. The Morgan fingerprint density at radius 1 is 0.619 bits per heavy atom. The highest BCUT2D eigenvalue weighted by Crippen LogP contribution is 2.20. The molecular weight excluding hydrogens is 532 g/mol. The van der Waals surface area contributed by atoms with Crippen molar-refractivity contribution in [1.82, 2.24) is 0 Å². The van der Waals surface area contributed by atoms with Gasteiger partial charge in [0.15, 0.2) is 0 Å². The quantitative estimate of drug-likeness (QED) is 0.0662. The number of benzene rings is 3. The predicted molar refractivity (Wildman–Crippen MR) is 162 cm³/mol. The summed E-state index contributed by atoms with van der Waals surface area (Å²) in [6.07, 6.45) is 11.1. The summed E-state index contributed by atoms with van der Waals surface area (Å²) >= 11 is 0. The van der Waals surface area contributed by atoms with E-state index in [1.807, 2.05) is 24.3 Å². The van der Waals surface area contributed by atoms with Crippen LogP contribution in [-0.2, 0) is 16.0 Å². The molecule has 7 heteroatoms. The Kier molecular flexibility index (Phi) is 13.9. The molecule has 0 N–H and O–H groups in total. The molecule has 7 nitrogen and oxygen atoms in total. The molecule has 0 aliphatic heterocycles. The zero-order chi connectivity index (χ0) is 30.0. The van der Waals surface area contributed by atoms with Crippen LogP contribution in [0.25, 0.3) is 0 Å². The van der Waals surface area contributed by atoms with Crippen molar-refractivity contribution in [3.05, 3.63) is 102 Å². The molecule has 0 saturated heterocycles. The van der Waals surface area contributed by atoms with Gasteiger partial charge in [-0.05, 0) is 91.9 Å². The van der Waals surface area contributed by atoms with E-state index in [2.05, 4.69) is 13.5 Å². The first-order valence-electron chi connectivity index (χ1n) is 14.6. The molecule has 0 unspecified atom stereocenters. The molecule has 0 fully saturated rings. The van der Waals surface area contributed by atoms with Gasteiger partial charge in [0.2, 0.25) is 0 Å². The summed E-state index contributed by atoms with van der Waals surface area (Å²) in [5.74, 6) is -0.0273. The Morgan fingerprint density at radius 3 is 1.69 bits per heavy atom. The monoisotopic (exact) mass is 572 g/mol. The summed E-state index contributed by atoms with van der Waals surface area (Å²) in [6, 6.07) is 20.5. The average molecular weight is 573 g/mol. The number of carbonyl (C=O) groups is 3. The Labute approximate surface area is 248 Å². The molecular formula is C35H40O7. The van der Waals surface area contributed by atoms with Crippen molar-refractivity contribution >= 4 is 17.9 Å². The molecule has 3 aromatic rings. The number of carbonyl (C=O) groups excluding carboxylic acids is 3. The fourth-order valence-corrected chi connectivity index (χ4v) is 4.14. The smallest absolute Gasteiger partial charge is 0.343 e. The summed E-state index contributed by atoms with van der Waals surface area (Å²) < 4.78 is 21.5. The van der Waals surface area contributed by atoms with Gasteiger partial charge in [0.25, 0.3) is 0 Å². The number of aryl methyl sites for hydroxylation is 1. The fourth-order valence-electron chi connectivity index (χ4n) is 4.14. The van der Waals surface area contributed by atoms with E-state index in [9.17, 15) is 14.4 Å². The summed E-state index contributed by atoms with van der Waals surface area (Å²) in [4.78, 5) is 36.1. The second-order valence-electron chi connectivity index (χ2n) is 9.92. The SMILES string of the molecule is C=CC(=O)OCCCCOc1ccc(C(=O)Oc2ccc(C(=O)Oc3ccc(CCCCCCCC)cc3)cc2)cc1. The Balaban J connectivity index is 1.39. The van der Waals surface area contributed by atoms with Gasteiger partial charge in [-0.3, -0.25) is 0 Å². The van der Waals surface area contributed by atoms with Crippen LogP contribution in [-0.4, -0.2) is 31.1 Å². The summed E-state index contributed by atoms with van der Waals surface area (Å²) in [6.45, 7) is 6.34. The molecule has 3 aromatic carbocycles. The summed E-state index contributed by atoms with van der Waals surface area (Å²) in [7, 11) is 0. The van der Waals surface area contributed by atoms with Gasteiger partial charge in [0.05, 0.1) is 24.3 Å². The third-order valence-electron chi connectivity index (χ3n) is 6.56. The normalized spacial score (nSPS) is 10.5. The molecule has 222 valence electrons. The van der Waals surface area contributed by atoms with Crippen LogP contribution >= 0.6 is 0 Å². The molecule has 0 aromatic heterocycles. The van der Waals surface area contributed by atoms with Crippen LogP contribution in [0.2, 0.25) is 0 Å². The van der Waals surface area contributed by atoms with Crippen LogP contribution in [0.5, 0.6) is 17.2 Å². The van der Waals surface area contributed by atoms with Gasteiger partial charge in [0, 0.05) is 6.08 Å². The highest BCUT2D eigenvalue weighted by molar-refractivity contribution is 5.92. The van der Waals surface area contributed by atoms with Gasteiger partial charge in [-0.15, -0.1) is 0 Å². The molecule has 42 heavy (non-hydrogen) atoms. The van der Waals surface area contributed by atoms with E-state index in [1.165, 1.54) is 44.1 Å². The van der Waals surface area contributed by atoms with Crippen molar-refractivity contribution < 1.29 is 33.3 Å². The van der Waals surface area contributed by atoms with E-state index < -0.39 is 17.9 Å². The molecule has 0 aliphatic rings. The maximum Gasteiger partial charge on any atom is 0.343 e. The van der Waals surface area contributed by atoms with Crippen LogP contribution in [0, 0.1) is 0 Å². The van der Waals surface area contributed by atoms with Crippen LogP contribution in [0.1, 0.15) is 84.6 Å². The third kappa shape index (κ3) is 11.6. The molecule has 0 saturated carbocycles. The van der Waals surface area contributed by atoms with Crippen LogP contribution in [0.4, 0.5) is 0 Å². The first-order valence-corrected chi connectivity index (χ1v) is 14.6. The Morgan fingerprint density at radius 2 is 1.12 bits per heavy atom. The van der Waals surface area contributed by atoms with Crippen LogP contribution in [0.3, 0.4) is 0 Å². The van der Waals surface area contributed by atoms with Crippen molar-refractivity contribution in [2.24, 2.45) is 0 Å². The van der Waals surface area contributed by atoms with Gasteiger partial charge in [-0.25, -0.2) is 14.4 Å². The molecule has 0 aliphatic carbocycles. The molecule has 0 amide bonds. The zero-order valence-corrected chi connectivity index (χ0v) is 24.3. The second-order valence-corrected chi connectivity index (χ2v) is 9.92. The van der Waals surface area contributed by atoms with Gasteiger partial charge in [-0.1, -0.05) is 57.7 Å². The van der Waals surface area contributed by atoms with Gasteiger partial charge < -0.3 is 18.9 Å². The minimum absolute atomic E-state index is 0.313. The average Bonchev–Trinajstić information content (AvgIpc) is 3.01. The lowest BCUT2D eigenvalue weighted by Crippen LogP contribution is -2.10. The van der Waals surface area contributed by atoms with E-state index >= 15 is 0 Å². The van der Waals surface area contributed by atoms with E-state index in [-0.39, 0.29) is 0 Å². The van der Waals surface area contributed by atoms with Crippen molar-refractivity contribution in [2.45, 2.75) is 64.7 Å². The Bertz CT molecular complexity index is 1260. The first kappa shape index (κ1) is 32.1. The standard InChI is InChI=1S/C35H40O7/c1-3-5-6-7-8-9-12-27-13-19-31(20-14-27)41-35(38)29-17-23-32(24-18-29)42-34(37)28-15-21-30(22-16-28)39-25-10-11-26-40-33(36)4-2/h4,13-24H,2-3,5-12,25-26H2,1H3. The highest BCUT2D eigenvalue weighted by atomic mass is 16.5. The highest BCUT2D eigenvalue weighted by Gasteiger charge is 2.12. The predicted octanol–water partition coefficient (Wildman–Crippen LogP) is 7.92. The molecule has 0 bridgehead atoms. The number of esters is 3. The fraction of sp³-hybridized carbons (Fsp3) is 0.343. The van der Waals surface area contributed by atoms with E-state index in [0.29, 0.717) is 54.4 Å². The topological polar surface area (TPSA) is 88.1 Å². The summed E-state index contributed by atoms with van der Waals surface area (Å²) in [5.41, 5.74) is 1.95. The summed E-state index contributed by atoms with van der Waals surface area (Å²) in [5, 5.41) is 0. The van der Waals surface area contributed by atoms with Crippen molar-refractivity contribution in [1.29, 1.82) is 0 Å². The zero-order valence-electron chi connectivity index (χ0n) is 24.3. The van der Waals surface area contributed by atoms with Crippen LogP contribution < -0.4 is 14.2 Å². The lowest BCUT2D eigenvalue weighted by atomic mass is 10.0. The number of unbranched alkanes of at least 4 members (excludes halogenated alkanes) is 6. The van der Waals surface area contributed by atoms with Crippen LogP contribution in [0.15, 0.2) is 85.5 Å². The molecule has 0 heterocycles. The lowest BCUT2D eigenvalue weighted by molar-refractivity contribution is -0.137. The minimum Gasteiger partial charge on any atom is -0.494 e. The molecule has 3 rings (SSSR count). The van der Waals surface area contributed by atoms with Crippen molar-refractivity contribution in [2.75, 3.05) is 13.2 Å². The number of ether oxygens (including phenoxy) is 4. The minimum atomic E-state index is -0.526. The molecule has 0 radical (unpaired) electrons. The van der Waals surface area contributed by atoms with Crippen molar-refractivity contribution in [3.63, 3.8) is 0 Å². The van der Waals surface area contributed by atoms with E-state index in [4.69, 9.17) is 18.9 Å². The molecule has 0 spiro atoms. The molecule has 0 atom stereocenters. The maximum absolute atomic E-state index is 12.6. The number of hydrogen-bond donors (Lipinski definition) is 0. The maximum atomic E-state index is 12.6. The van der Waals surface area contributed by atoms with Gasteiger partial charge in [0.1, 0.15) is 17.2 Å². The van der Waals surface area contributed by atoms with Gasteiger partial charge in [-0.2, -0.15) is 0 Å². The number of rotatable bonds is 18. The second kappa shape index (κ2) is 18.1. The van der Waals surface area contributed by atoms with Gasteiger partial charge >= 0.3 is 17.9 Å².